The number of benzene rings is 1. The Morgan fingerprint density at radius 1 is 1.20 bits per heavy atom. The van der Waals surface area contributed by atoms with Gasteiger partial charge in [-0.05, 0) is 58.9 Å². The third kappa shape index (κ3) is 3.58. The topological polar surface area (TPSA) is 55.8 Å². The molecule has 0 spiro atoms. The fourth-order valence-electron chi connectivity index (χ4n) is 3.60. The van der Waals surface area contributed by atoms with Crippen LogP contribution >= 0.6 is 9.24 Å². The summed E-state index contributed by atoms with van der Waals surface area (Å²) in [5.41, 5.74) is 3.30. The first-order valence-electron chi connectivity index (χ1n) is 8.41. The third-order valence-electron chi connectivity index (χ3n) is 5.35. The Labute approximate surface area is 150 Å². The fraction of sp³-hybridized carbons (Fsp3) is 0.526. The Morgan fingerprint density at radius 3 is 2.16 bits per heavy atom. The van der Waals surface area contributed by atoms with Gasteiger partial charge in [-0.1, -0.05) is 43.9 Å². The van der Waals surface area contributed by atoms with Gasteiger partial charge in [-0.25, -0.2) is 15.0 Å². The van der Waals surface area contributed by atoms with Crippen molar-refractivity contribution >= 4 is 20.8 Å². The minimum atomic E-state index is -1.07. The first-order chi connectivity index (χ1) is 11.6. The van der Waals surface area contributed by atoms with Crippen LogP contribution in [-0.4, -0.2) is 11.2 Å². The smallest absolute Gasteiger partial charge is 0.340 e. The van der Waals surface area contributed by atoms with E-state index in [1.54, 1.807) is 0 Å². The molecule has 4 nitrogen and oxygen atoms in total. The summed E-state index contributed by atoms with van der Waals surface area (Å²) < 4.78 is 12.4. The van der Waals surface area contributed by atoms with Crippen LogP contribution in [0.3, 0.4) is 0 Å². The van der Waals surface area contributed by atoms with Crippen molar-refractivity contribution < 1.29 is 24.4 Å². The highest BCUT2D eigenvalue weighted by Crippen LogP contribution is 2.49. The predicted octanol–water partition coefficient (Wildman–Crippen LogP) is 5.31. The van der Waals surface area contributed by atoms with Gasteiger partial charge >= 0.3 is 5.97 Å². The molecule has 0 aliphatic heterocycles. The van der Waals surface area contributed by atoms with E-state index in [9.17, 15) is 14.6 Å². The van der Waals surface area contributed by atoms with Gasteiger partial charge in [-0.15, -0.1) is 0 Å². The lowest BCUT2D eigenvalue weighted by molar-refractivity contribution is -0.177. The molecule has 0 aromatic heterocycles. The van der Waals surface area contributed by atoms with Gasteiger partial charge in [0.05, 0.1) is 5.31 Å². The highest BCUT2D eigenvalue weighted by molar-refractivity contribution is 7.25. The number of hydrogen-bond donors (Lipinski definition) is 1. The van der Waals surface area contributed by atoms with E-state index in [2.05, 4.69) is 46.8 Å². The molecule has 0 amide bonds. The van der Waals surface area contributed by atoms with Gasteiger partial charge < -0.3 is 4.89 Å². The number of halogens is 1. The van der Waals surface area contributed by atoms with Crippen LogP contribution in [-0.2, 0) is 20.6 Å². The number of hydrogen-bond acceptors (Lipinski definition) is 4. The molecule has 1 aromatic rings. The van der Waals surface area contributed by atoms with Crippen molar-refractivity contribution in [2.75, 3.05) is 0 Å². The largest absolute Gasteiger partial charge is 0.379 e. The second-order valence-electron chi connectivity index (χ2n) is 7.86. The van der Waals surface area contributed by atoms with Crippen LogP contribution in [0.15, 0.2) is 17.4 Å². The van der Waals surface area contributed by atoms with Crippen LogP contribution in [0.5, 0.6) is 5.75 Å². The number of rotatable bonds is 4. The third-order valence-corrected chi connectivity index (χ3v) is 5.93. The van der Waals surface area contributed by atoms with Crippen molar-refractivity contribution in [3.8, 4) is 5.75 Å². The number of allylic oxidation sites excluding steroid dienone is 1. The zero-order valence-electron chi connectivity index (χ0n) is 15.4. The molecule has 0 fully saturated rings. The van der Waals surface area contributed by atoms with Crippen molar-refractivity contribution in [2.45, 2.75) is 64.7 Å². The van der Waals surface area contributed by atoms with Gasteiger partial charge in [0, 0.05) is 10.1 Å². The van der Waals surface area contributed by atoms with E-state index in [-0.39, 0.29) is 21.9 Å². The maximum absolute atomic E-state index is 12.4. The van der Waals surface area contributed by atoms with E-state index in [1.807, 2.05) is 19.1 Å². The first kappa shape index (κ1) is 19.9. The molecule has 1 aliphatic rings. The molecular weight excluding hydrogens is 342 g/mol. The lowest BCUT2D eigenvalue weighted by Crippen LogP contribution is -2.34. The molecule has 138 valence electrons. The average molecular weight is 368 g/mol. The van der Waals surface area contributed by atoms with E-state index in [1.165, 1.54) is 0 Å². The summed E-state index contributed by atoms with van der Waals surface area (Å²) in [7, 11) is 2.22. The van der Waals surface area contributed by atoms with Gasteiger partial charge in [-0.3, -0.25) is 0 Å². The first-order valence-corrected chi connectivity index (χ1v) is 8.99. The van der Waals surface area contributed by atoms with Crippen molar-refractivity contribution in [1.29, 1.82) is 0 Å². The van der Waals surface area contributed by atoms with Crippen LogP contribution in [0.25, 0.3) is 5.57 Å². The van der Waals surface area contributed by atoms with Crippen LogP contribution in [0, 0.1) is 0 Å². The fourth-order valence-corrected chi connectivity index (χ4v) is 4.00. The van der Waals surface area contributed by atoms with E-state index in [4.69, 9.17) is 0 Å². The molecule has 0 bridgehead atoms. The van der Waals surface area contributed by atoms with E-state index < -0.39 is 5.97 Å². The van der Waals surface area contributed by atoms with Gasteiger partial charge in [0.2, 0.25) is 0 Å². The molecule has 2 rings (SSSR count). The van der Waals surface area contributed by atoms with Crippen LogP contribution in [0.4, 0.5) is 4.53 Å². The molecule has 0 heterocycles. The van der Waals surface area contributed by atoms with Crippen LogP contribution < -0.4 is 4.89 Å². The van der Waals surface area contributed by atoms with Crippen molar-refractivity contribution in [3.05, 3.63) is 34.1 Å². The van der Waals surface area contributed by atoms with E-state index in [0.717, 1.165) is 24.0 Å². The molecule has 1 atom stereocenters. The molecular formula is C19H26FO4P. The van der Waals surface area contributed by atoms with Gasteiger partial charge in [-0.2, -0.15) is 0 Å². The second-order valence-corrected chi connectivity index (χ2v) is 8.44. The molecule has 0 saturated carbocycles. The summed E-state index contributed by atoms with van der Waals surface area (Å²) in [6.07, 6.45) is 2.50. The maximum atomic E-state index is 12.4. The zero-order valence-corrected chi connectivity index (χ0v) is 16.6. The summed E-state index contributed by atoms with van der Waals surface area (Å²) in [5, 5.41) is 9.50. The highest BCUT2D eigenvalue weighted by atomic mass is 31.0. The minimum Gasteiger partial charge on any atom is -0.340 e. The average Bonchev–Trinajstić information content (AvgIpc) is 2.58. The molecule has 0 radical (unpaired) electrons. The van der Waals surface area contributed by atoms with Crippen LogP contribution in [0.1, 0.15) is 70.6 Å². The quantitative estimate of drug-likeness (QED) is 0.339. The number of carbonyl (C=O) groups is 1. The van der Waals surface area contributed by atoms with Gasteiger partial charge in [0.1, 0.15) is 0 Å². The van der Waals surface area contributed by atoms with E-state index >= 15 is 0 Å². The molecule has 1 N–H and O–H groups in total. The number of carbonyl (C=O) groups excluding carboxylic acids is 1. The van der Waals surface area contributed by atoms with Crippen molar-refractivity contribution in [2.24, 2.45) is 0 Å². The standard InChI is InChI=1S/C19H26FO4P/c1-6-11(16(25)17(21)23-20)12-9-13-14(10-15(12)24-22)19(4,5)8-7-18(13,2)3/h9-10,22H,6-8,25H2,1-5H3/b16-11+. The Kier molecular flexibility index (Phi) is 5.60. The Bertz CT molecular complexity index is 722. The van der Waals surface area contributed by atoms with Gasteiger partial charge in [0.25, 0.3) is 0 Å². The Hall–Kier alpha value is -1.45. The van der Waals surface area contributed by atoms with Gasteiger partial charge in [0.15, 0.2) is 5.75 Å². The Morgan fingerprint density at radius 2 is 1.72 bits per heavy atom. The monoisotopic (exact) mass is 368 g/mol. The predicted molar refractivity (Wildman–Crippen MR) is 99.1 cm³/mol. The van der Waals surface area contributed by atoms with Crippen molar-refractivity contribution in [1.82, 2.24) is 0 Å². The van der Waals surface area contributed by atoms with E-state index in [0.29, 0.717) is 17.6 Å². The lowest BCUT2D eigenvalue weighted by atomic mass is 9.62. The summed E-state index contributed by atoms with van der Waals surface area (Å²) in [6, 6.07) is 3.79. The minimum absolute atomic E-state index is 0.0472. The molecule has 1 aromatic carbocycles. The van der Waals surface area contributed by atoms with Crippen molar-refractivity contribution in [3.63, 3.8) is 0 Å². The molecule has 1 unspecified atom stereocenters. The molecule has 0 saturated heterocycles. The summed E-state index contributed by atoms with van der Waals surface area (Å²) >= 11 is 0. The summed E-state index contributed by atoms with van der Waals surface area (Å²) in [6.45, 7) is 10.5. The molecule has 1 aliphatic carbocycles. The normalized spacial score (nSPS) is 18.9. The second kappa shape index (κ2) is 7.05. The zero-order chi connectivity index (χ0) is 19.0. The summed E-state index contributed by atoms with van der Waals surface area (Å²) in [4.78, 5) is 19.6. The molecule has 6 heteroatoms. The number of fused-ring (bicyclic) bond motifs is 1. The highest BCUT2D eigenvalue weighted by Gasteiger charge is 2.38. The lowest BCUT2D eigenvalue weighted by Gasteiger charge is -2.42. The van der Waals surface area contributed by atoms with Crippen LogP contribution in [0.2, 0.25) is 0 Å². The molecule has 25 heavy (non-hydrogen) atoms. The maximum Gasteiger partial charge on any atom is 0.379 e. The summed E-state index contributed by atoms with van der Waals surface area (Å²) in [5.74, 6) is -0.809. The Balaban J connectivity index is 2.78. The SMILES string of the molecule is CC/C(=C(\P)C(=O)OF)c1cc2c(cc1OO)C(C)(C)CCC2(C)C.